The Kier molecular flexibility index (Phi) is 7.56. The summed E-state index contributed by atoms with van der Waals surface area (Å²) in [6.07, 6.45) is 5.08. The number of piperidine rings is 1. The molecule has 3 heterocycles. The van der Waals surface area contributed by atoms with E-state index in [1.165, 1.54) is 58.2 Å². The van der Waals surface area contributed by atoms with Crippen LogP contribution < -0.4 is 26.9 Å². The molecule has 0 unspecified atom stereocenters. The van der Waals surface area contributed by atoms with Crippen LogP contribution >= 0.6 is 15.9 Å². The van der Waals surface area contributed by atoms with Crippen molar-refractivity contribution in [2.75, 3.05) is 31.6 Å². The lowest BCUT2D eigenvalue weighted by Crippen LogP contribution is -2.41. The van der Waals surface area contributed by atoms with E-state index in [9.17, 15) is 18.8 Å². The standard InChI is InChI=1S/C30H31BrFN5O4/c1-34-26(38)18-25(33-24-11-8-19(31)16-23(24)32)27-28(34)36(30(40)37(29(27)39)20-9-10-20)21-6-5-7-22(17-21)41-15-14-35-12-3-2-4-13-35/h5-8,11,16-18,20,33H,2-4,9-10,12-15H2,1H3. The molecule has 0 atom stereocenters. The molecule has 1 aliphatic heterocycles. The van der Waals surface area contributed by atoms with E-state index in [4.69, 9.17) is 4.74 Å². The lowest BCUT2D eigenvalue weighted by molar-refractivity contribution is 0.183. The number of aryl methyl sites for hydroxylation is 1. The van der Waals surface area contributed by atoms with E-state index in [-0.39, 0.29) is 28.5 Å². The second kappa shape index (κ2) is 11.3. The van der Waals surface area contributed by atoms with Gasteiger partial charge in [0.15, 0.2) is 0 Å². The van der Waals surface area contributed by atoms with Crippen molar-refractivity contribution in [1.29, 1.82) is 0 Å². The summed E-state index contributed by atoms with van der Waals surface area (Å²) in [7, 11) is 1.52. The first kappa shape index (κ1) is 27.5. The summed E-state index contributed by atoms with van der Waals surface area (Å²) in [4.78, 5) is 43.3. The van der Waals surface area contributed by atoms with Crippen LogP contribution in [-0.4, -0.2) is 44.8 Å². The molecule has 2 aliphatic rings. The topological polar surface area (TPSA) is 90.5 Å². The highest BCUT2D eigenvalue weighted by Gasteiger charge is 2.31. The lowest BCUT2D eigenvalue weighted by Gasteiger charge is -2.26. The van der Waals surface area contributed by atoms with Gasteiger partial charge in [0.2, 0.25) is 0 Å². The van der Waals surface area contributed by atoms with E-state index in [0.717, 1.165) is 19.6 Å². The van der Waals surface area contributed by atoms with Crippen molar-refractivity contribution in [2.45, 2.75) is 38.1 Å². The van der Waals surface area contributed by atoms with Crippen molar-refractivity contribution in [2.24, 2.45) is 7.05 Å². The molecule has 2 aromatic heterocycles. The molecule has 4 aromatic rings. The van der Waals surface area contributed by atoms with Gasteiger partial charge in [-0.3, -0.25) is 23.6 Å². The molecule has 1 aliphatic carbocycles. The van der Waals surface area contributed by atoms with Crippen LogP contribution in [-0.2, 0) is 7.05 Å². The molecule has 2 fully saturated rings. The van der Waals surface area contributed by atoms with Gasteiger partial charge in [0.25, 0.3) is 11.1 Å². The Bertz CT molecular complexity index is 1800. The van der Waals surface area contributed by atoms with Gasteiger partial charge in [-0.25, -0.2) is 13.8 Å². The van der Waals surface area contributed by atoms with Crippen molar-refractivity contribution in [3.05, 3.63) is 90.0 Å². The third-order valence-corrected chi connectivity index (χ3v) is 8.26. The Labute approximate surface area is 243 Å². The van der Waals surface area contributed by atoms with E-state index in [1.807, 2.05) is 6.07 Å². The summed E-state index contributed by atoms with van der Waals surface area (Å²) in [5.74, 6) is 0.0263. The van der Waals surface area contributed by atoms with Gasteiger partial charge in [-0.1, -0.05) is 28.4 Å². The molecule has 41 heavy (non-hydrogen) atoms. The number of hydrogen-bond acceptors (Lipinski definition) is 6. The summed E-state index contributed by atoms with van der Waals surface area (Å²) in [6.45, 7) is 3.46. The summed E-state index contributed by atoms with van der Waals surface area (Å²) in [5.41, 5.74) is -0.691. The van der Waals surface area contributed by atoms with Gasteiger partial charge in [0, 0.05) is 36.2 Å². The number of ether oxygens (including phenoxy) is 1. The molecular weight excluding hydrogens is 593 g/mol. The fourth-order valence-electron chi connectivity index (χ4n) is 5.47. The number of anilines is 2. The normalized spacial score (nSPS) is 15.8. The van der Waals surface area contributed by atoms with E-state index >= 15 is 0 Å². The minimum Gasteiger partial charge on any atom is -0.492 e. The monoisotopic (exact) mass is 623 g/mol. The zero-order chi connectivity index (χ0) is 28.7. The number of rotatable bonds is 8. The molecule has 9 nitrogen and oxygen atoms in total. The number of nitrogens with zero attached hydrogens (tertiary/aromatic N) is 4. The molecule has 0 amide bonds. The van der Waals surface area contributed by atoms with Crippen LogP contribution in [0.25, 0.3) is 16.7 Å². The number of hydrogen-bond donors (Lipinski definition) is 1. The van der Waals surface area contributed by atoms with Crippen LogP contribution in [0.1, 0.15) is 38.1 Å². The number of nitrogens with one attached hydrogen (secondary N) is 1. The van der Waals surface area contributed by atoms with Gasteiger partial charge in [-0.2, -0.15) is 0 Å². The van der Waals surface area contributed by atoms with E-state index in [2.05, 4.69) is 26.1 Å². The summed E-state index contributed by atoms with van der Waals surface area (Å²) in [6, 6.07) is 12.6. The smallest absolute Gasteiger partial charge is 0.337 e. The van der Waals surface area contributed by atoms with Gasteiger partial charge in [0.05, 0.1) is 17.1 Å². The van der Waals surface area contributed by atoms with Crippen molar-refractivity contribution in [3.8, 4) is 11.4 Å². The highest BCUT2D eigenvalue weighted by molar-refractivity contribution is 9.10. The van der Waals surface area contributed by atoms with Gasteiger partial charge in [-0.05, 0) is 69.1 Å². The third kappa shape index (κ3) is 5.48. The fraction of sp³-hybridized carbons (Fsp3) is 0.367. The van der Waals surface area contributed by atoms with E-state index in [0.29, 0.717) is 35.4 Å². The molecule has 214 valence electrons. The Morgan fingerprint density at radius 2 is 1.78 bits per heavy atom. The average molecular weight is 625 g/mol. The first-order valence-corrected chi connectivity index (χ1v) is 14.7. The van der Waals surface area contributed by atoms with Crippen LogP contribution in [0.5, 0.6) is 5.75 Å². The molecular formula is C30H31BrFN5O4. The van der Waals surface area contributed by atoms with Gasteiger partial charge < -0.3 is 10.1 Å². The Morgan fingerprint density at radius 3 is 2.51 bits per heavy atom. The van der Waals surface area contributed by atoms with Gasteiger partial charge >= 0.3 is 5.69 Å². The molecule has 1 N–H and O–H groups in total. The number of halogens is 2. The van der Waals surface area contributed by atoms with Crippen LogP contribution in [0.4, 0.5) is 15.8 Å². The second-order valence-electron chi connectivity index (χ2n) is 10.7. The van der Waals surface area contributed by atoms with Crippen molar-refractivity contribution in [3.63, 3.8) is 0 Å². The Morgan fingerprint density at radius 1 is 1.00 bits per heavy atom. The second-order valence-corrected chi connectivity index (χ2v) is 11.6. The summed E-state index contributed by atoms with van der Waals surface area (Å²) >= 11 is 3.25. The number of pyridine rings is 1. The maximum Gasteiger partial charge on any atom is 0.337 e. The molecule has 11 heteroatoms. The number of benzene rings is 2. The van der Waals surface area contributed by atoms with Crippen LogP contribution in [0.2, 0.25) is 0 Å². The van der Waals surface area contributed by atoms with Crippen molar-refractivity contribution in [1.82, 2.24) is 18.6 Å². The van der Waals surface area contributed by atoms with E-state index < -0.39 is 22.6 Å². The third-order valence-electron chi connectivity index (χ3n) is 7.76. The molecule has 0 radical (unpaired) electrons. The predicted molar refractivity (Wildman–Crippen MR) is 160 cm³/mol. The largest absolute Gasteiger partial charge is 0.492 e. The Hall–Kier alpha value is -3.70. The molecule has 1 saturated carbocycles. The molecule has 1 saturated heterocycles. The number of fused-ring (bicyclic) bond motifs is 1. The zero-order valence-electron chi connectivity index (χ0n) is 22.7. The molecule has 6 rings (SSSR count). The van der Waals surface area contributed by atoms with Gasteiger partial charge in [-0.15, -0.1) is 0 Å². The zero-order valence-corrected chi connectivity index (χ0v) is 24.3. The van der Waals surface area contributed by atoms with Crippen LogP contribution in [0, 0.1) is 5.82 Å². The van der Waals surface area contributed by atoms with E-state index in [1.54, 1.807) is 24.3 Å². The molecule has 0 spiro atoms. The highest BCUT2D eigenvalue weighted by Crippen LogP contribution is 2.34. The molecule has 2 aromatic carbocycles. The van der Waals surface area contributed by atoms with Crippen molar-refractivity contribution >= 4 is 38.3 Å². The van der Waals surface area contributed by atoms with Crippen LogP contribution in [0.3, 0.4) is 0 Å². The first-order valence-electron chi connectivity index (χ1n) is 13.9. The summed E-state index contributed by atoms with van der Waals surface area (Å²) in [5, 5.41) is 3.06. The lowest BCUT2D eigenvalue weighted by atomic mass is 10.1. The predicted octanol–water partition coefficient (Wildman–Crippen LogP) is 4.70. The van der Waals surface area contributed by atoms with Crippen LogP contribution in [0.15, 0.2) is 67.4 Å². The maximum atomic E-state index is 14.8. The maximum absolute atomic E-state index is 14.8. The minimum atomic E-state index is -0.557. The average Bonchev–Trinajstić information content (AvgIpc) is 3.79. The number of aromatic nitrogens is 3. The highest BCUT2D eigenvalue weighted by atomic mass is 79.9. The SMILES string of the molecule is Cn1c(=O)cc(Nc2ccc(Br)cc2F)c2c(=O)n(C3CC3)c(=O)n(-c3cccc(OCCN4CCCCC4)c3)c21. The first-order chi connectivity index (χ1) is 19.8. The Balaban J connectivity index is 1.48. The number of likely N-dealkylation sites (tertiary alicyclic amines) is 1. The molecule has 0 bridgehead atoms. The summed E-state index contributed by atoms with van der Waals surface area (Å²) < 4.78 is 25.3. The quantitative estimate of drug-likeness (QED) is 0.306. The fourth-order valence-corrected chi connectivity index (χ4v) is 5.81. The van der Waals surface area contributed by atoms with Gasteiger partial charge in [0.1, 0.15) is 29.2 Å². The van der Waals surface area contributed by atoms with Crippen molar-refractivity contribution < 1.29 is 9.13 Å². The minimum absolute atomic E-state index is 0.0991.